The Bertz CT molecular complexity index is 174. The van der Waals surface area contributed by atoms with E-state index in [1.165, 1.54) is 25.7 Å². The summed E-state index contributed by atoms with van der Waals surface area (Å²) in [6.45, 7) is 11.7. The van der Waals surface area contributed by atoms with Crippen molar-refractivity contribution in [2.24, 2.45) is 5.92 Å². The van der Waals surface area contributed by atoms with E-state index in [1.807, 2.05) is 0 Å². The van der Waals surface area contributed by atoms with Gasteiger partial charge in [-0.2, -0.15) is 0 Å². The monoisotopic (exact) mass is 183 g/mol. The summed E-state index contributed by atoms with van der Waals surface area (Å²) in [4.78, 5) is 0. The molecule has 2 unspecified atom stereocenters. The number of nitrogens with one attached hydrogen (secondary N) is 1. The van der Waals surface area contributed by atoms with Crippen LogP contribution in [0.25, 0.3) is 0 Å². The highest BCUT2D eigenvalue weighted by atomic mass is 15.1. The molecule has 1 fully saturated rings. The number of hydrogen-bond acceptors (Lipinski definition) is 1. The molecular formula is C12H25N. The van der Waals surface area contributed by atoms with Gasteiger partial charge in [0.1, 0.15) is 0 Å². The van der Waals surface area contributed by atoms with Crippen LogP contribution < -0.4 is 5.32 Å². The molecule has 1 saturated heterocycles. The lowest BCUT2D eigenvalue weighted by molar-refractivity contribution is 0.110. The highest BCUT2D eigenvalue weighted by molar-refractivity contribution is 4.98. The fourth-order valence-corrected chi connectivity index (χ4v) is 2.87. The third-order valence-corrected chi connectivity index (χ3v) is 3.54. The maximum Gasteiger partial charge on any atom is 0.0158 e. The minimum Gasteiger partial charge on any atom is -0.307 e. The fourth-order valence-electron chi connectivity index (χ4n) is 2.87. The summed E-state index contributed by atoms with van der Waals surface area (Å²) in [5.74, 6) is 0.918. The molecular weight excluding hydrogens is 158 g/mol. The van der Waals surface area contributed by atoms with E-state index in [9.17, 15) is 0 Å². The molecule has 1 heteroatoms. The molecule has 0 amide bonds. The van der Waals surface area contributed by atoms with Crippen molar-refractivity contribution >= 4 is 0 Å². The lowest BCUT2D eigenvalue weighted by Crippen LogP contribution is -2.58. The van der Waals surface area contributed by atoms with E-state index in [2.05, 4.69) is 39.9 Å². The topological polar surface area (TPSA) is 12.0 Å². The summed E-state index contributed by atoms with van der Waals surface area (Å²) in [6.07, 6.45) is 5.26. The lowest BCUT2D eigenvalue weighted by Gasteiger charge is -2.48. The molecule has 0 saturated carbocycles. The second-order valence-corrected chi connectivity index (χ2v) is 5.61. The van der Waals surface area contributed by atoms with E-state index in [0.29, 0.717) is 11.1 Å². The molecule has 0 aromatic heterocycles. The summed E-state index contributed by atoms with van der Waals surface area (Å²) in [5, 5.41) is 3.78. The molecule has 78 valence electrons. The minimum atomic E-state index is 0.337. The first-order chi connectivity index (χ1) is 5.91. The molecule has 1 rings (SSSR count). The number of hydrogen-bond donors (Lipinski definition) is 1. The molecule has 0 radical (unpaired) electrons. The smallest absolute Gasteiger partial charge is 0.0158 e. The van der Waals surface area contributed by atoms with Gasteiger partial charge in [-0.1, -0.05) is 20.3 Å². The predicted octanol–water partition coefficient (Wildman–Crippen LogP) is 3.34. The molecule has 0 aromatic rings. The second-order valence-electron chi connectivity index (χ2n) is 5.61. The molecule has 0 spiro atoms. The molecule has 1 aliphatic rings. The molecule has 0 aliphatic carbocycles. The SMILES string of the molecule is CCC1CC(C)(C)NC(C)(CC)C1. The zero-order valence-corrected chi connectivity index (χ0v) is 9.91. The van der Waals surface area contributed by atoms with Crippen LogP contribution in [0.4, 0.5) is 0 Å². The van der Waals surface area contributed by atoms with Crippen molar-refractivity contribution in [2.75, 3.05) is 0 Å². The van der Waals surface area contributed by atoms with E-state index in [1.54, 1.807) is 0 Å². The van der Waals surface area contributed by atoms with Crippen molar-refractivity contribution in [1.82, 2.24) is 5.32 Å². The Kier molecular flexibility index (Phi) is 3.06. The van der Waals surface area contributed by atoms with Crippen molar-refractivity contribution in [1.29, 1.82) is 0 Å². The van der Waals surface area contributed by atoms with E-state index in [4.69, 9.17) is 0 Å². The van der Waals surface area contributed by atoms with Gasteiger partial charge >= 0.3 is 0 Å². The van der Waals surface area contributed by atoms with Crippen LogP contribution in [0.3, 0.4) is 0 Å². The molecule has 0 bridgehead atoms. The van der Waals surface area contributed by atoms with Crippen LogP contribution in [0.15, 0.2) is 0 Å². The summed E-state index contributed by atoms with van der Waals surface area (Å²) < 4.78 is 0. The average molecular weight is 183 g/mol. The second kappa shape index (κ2) is 3.61. The zero-order chi connectivity index (χ0) is 10.1. The van der Waals surface area contributed by atoms with Crippen LogP contribution in [-0.4, -0.2) is 11.1 Å². The maximum absolute atomic E-state index is 3.78. The largest absolute Gasteiger partial charge is 0.307 e. The van der Waals surface area contributed by atoms with Gasteiger partial charge in [-0.3, -0.25) is 0 Å². The molecule has 0 aromatic carbocycles. The molecule has 1 aliphatic heterocycles. The maximum atomic E-state index is 3.78. The summed E-state index contributed by atoms with van der Waals surface area (Å²) >= 11 is 0. The highest BCUT2D eigenvalue weighted by Crippen LogP contribution is 2.36. The average Bonchev–Trinajstić information content (AvgIpc) is 2.01. The van der Waals surface area contributed by atoms with Gasteiger partial charge in [-0.25, -0.2) is 0 Å². The first kappa shape index (κ1) is 11.0. The van der Waals surface area contributed by atoms with Gasteiger partial charge in [-0.15, -0.1) is 0 Å². The quantitative estimate of drug-likeness (QED) is 0.692. The fraction of sp³-hybridized carbons (Fsp3) is 1.00. The number of piperidine rings is 1. The van der Waals surface area contributed by atoms with Gasteiger partial charge in [0.05, 0.1) is 0 Å². The van der Waals surface area contributed by atoms with E-state index in [-0.39, 0.29) is 0 Å². The molecule has 1 N–H and O–H groups in total. The van der Waals surface area contributed by atoms with Gasteiger partial charge in [-0.05, 0) is 46.0 Å². The summed E-state index contributed by atoms with van der Waals surface area (Å²) in [7, 11) is 0. The Hall–Kier alpha value is -0.0400. The Morgan fingerprint density at radius 2 is 1.77 bits per heavy atom. The third kappa shape index (κ3) is 2.70. The van der Waals surface area contributed by atoms with Crippen molar-refractivity contribution in [3.63, 3.8) is 0 Å². The number of rotatable bonds is 2. The van der Waals surface area contributed by atoms with Crippen LogP contribution in [0, 0.1) is 5.92 Å². The van der Waals surface area contributed by atoms with Crippen molar-refractivity contribution in [2.45, 2.75) is 71.4 Å². The summed E-state index contributed by atoms with van der Waals surface area (Å²) in [5.41, 5.74) is 0.714. The third-order valence-electron chi connectivity index (χ3n) is 3.54. The van der Waals surface area contributed by atoms with Crippen molar-refractivity contribution in [3.8, 4) is 0 Å². The lowest BCUT2D eigenvalue weighted by atomic mass is 9.73. The van der Waals surface area contributed by atoms with E-state index >= 15 is 0 Å². The molecule has 2 atom stereocenters. The Labute approximate surface area is 83.3 Å². The van der Waals surface area contributed by atoms with E-state index in [0.717, 1.165) is 5.92 Å². The normalized spacial score (nSPS) is 39.0. The Balaban J connectivity index is 2.71. The van der Waals surface area contributed by atoms with Crippen molar-refractivity contribution < 1.29 is 0 Å². The van der Waals surface area contributed by atoms with Crippen molar-refractivity contribution in [3.05, 3.63) is 0 Å². The van der Waals surface area contributed by atoms with Gasteiger partial charge in [0.2, 0.25) is 0 Å². The van der Waals surface area contributed by atoms with Gasteiger partial charge in [0.25, 0.3) is 0 Å². The van der Waals surface area contributed by atoms with E-state index < -0.39 is 0 Å². The van der Waals surface area contributed by atoms with Crippen LogP contribution >= 0.6 is 0 Å². The van der Waals surface area contributed by atoms with Crippen LogP contribution in [-0.2, 0) is 0 Å². The Morgan fingerprint density at radius 1 is 1.15 bits per heavy atom. The first-order valence-electron chi connectivity index (χ1n) is 5.70. The molecule has 1 nitrogen and oxygen atoms in total. The standard InChI is InChI=1S/C12H25N/c1-6-10-8-11(3,4)13-12(5,7-2)9-10/h10,13H,6-9H2,1-5H3. The zero-order valence-electron chi connectivity index (χ0n) is 9.91. The predicted molar refractivity (Wildman–Crippen MR) is 58.9 cm³/mol. The van der Waals surface area contributed by atoms with Crippen LogP contribution in [0.5, 0.6) is 0 Å². The van der Waals surface area contributed by atoms with Gasteiger partial charge < -0.3 is 5.32 Å². The first-order valence-corrected chi connectivity index (χ1v) is 5.70. The Morgan fingerprint density at radius 3 is 2.23 bits per heavy atom. The molecule has 1 heterocycles. The van der Waals surface area contributed by atoms with Gasteiger partial charge in [0.15, 0.2) is 0 Å². The van der Waals surface area contributed by atoms with Crippen LogP contribution in [0.2, 0.25) is 0 Å². The molecule has 13 heavy (non-hydrogen) atoms. The van der Waals surface area contributed by atoms with Crippen LogP contribution in [0.1, 0.15) is 60.3 Å². The van der Waals surface area contributed by atoms with Gasteiger partial charge in [0, 0.05) is 11.1 Å². The summed E-state index contributed by atoms with van der Waals surface area (Å²) in [6, 6.07) is 0. The highest BCUT2D eigenvalue weighted by Gasteiger charge is 2.38. The minimum absolute atomic E-state index is 0.337.